The van der Waals surface area contributed by atoms with E-state index in [9.17, 15) is 9.32 Å². The van der Waals surface area contributed by atoms with E-state index in [2.05, 4.69) is 0 Å². The molecule has 0 heterocycles. The Hall–Kier alpha value is -0.910. The van der Waals surface area contributed by atoms with E-state index in [0.29, 0.717) is 10.6 Å². The minimum atomic E-state index is -1.15. The Balaban J connectivity index is 2.56. The lowest BCUT2D eigenvalue weighted by atomic mass is 9.99. The molecule has 3 N–H and O–H groups in total. The summed E-state index contributed by atoms with van der Waals surface area (Å²) in [5.74, 6) is 0.622. The molecule has 18 heavy (non-hydrogen) atoms. The van der Waals surface area contributed by atoms with Gasteiger partial charge in [-0.15, -0.1) is 0 Å². The van der Waals surface area contributed by atoms with Gasteiger partial charge in [-0.25, -0.2) is 0 Å². The van der Waals surface area contributed by atoms with E-state index < -0.39 is 16.9 Å². The number of methoxy groups -OCH3 is 1. The monoisotopic (exact) mass is 269 g/mol. The molecule has 0 amide bonds. The van der Waals surface area contributed by atoms with Crippen molar-refractivity contribution in [2.45, 2.75) is 36.3 Å². The first-order valence-corrected chi connectivity index (χ1v) is 7.58. The SMILES string of the molecule is COc1cc2c(cc1S(C)=O)C(O)C(N)CCC2. The predicted molar refractivity (Wildman–Crippen MR) is 71.2 cm³/mol. The van der Waals surface area contributed by atoms with Gasteiger partial charge in [-0.05, 0) is 42.5 Å². The Morgan fingerprint density at radius 1 is 1.50 bits per heavy atom. The lowest BCUT2D eigenvalue weighted by Gasteiger charge is -2.19. The molecule has 0 aromatic heterocycles. The van der Waals surface area contributed by atoms with Crippen LogP contribution in [0.5, 0.6) is 5.75 Å². The molecular weight excluding hydrogens is 250 g/mol. The van der Waals surface area contributed by atoms with Crippen LogP contribution in [0.2, 0.25) is 0 Å². The maximum Gasteiger partial charge on any atom is 0.135 e. The van der Waals surface area contributed by atoms with Crippen LogP contribution in [0.15, 0.2) is 17.0 Å². The third-order valence-electron chi connectivity index (χ3n) is 3.44. The molecule has 5 heteroatoms. The Labute approximate surface area is 110 Å². The van der Waals surface area contributed by atoms with Crippen molar-refractivity contribution in [3.63, 3.8) is 0 Å². The van der Waals surface area contributed by atoms with Crippen LogP contribution in [0.25, 0.3) is 0 Å². The highest BCUT2D eigenvalue weighted by atomic mass is 32.2. The van der Waals surface area contributed by atoms with Gasteiger partial charge in [0.05, 0.1) is 28.9 Å². The van der Waals surface area contributed by atoms with Crippen molar-refractivity contribution < 1.29 is 14.1 Å². The second-order valence-corrected chi connectivity index (χ2v) is 6.01. The molecule has 4 nitrogen and oxygen atoms in total. The predicted octanol–water partition coefficient (Wildman–Crippen LogP) is 1.13. The van der Waals surface area contributed by atoms with Gasteiger partial charge in [0.1, 0.15) is 5.75 Å². The molecule has 1 aromatic rings. The van der Waals surface area contributed by atoms with Crippen LogP contribution in [0, 0.1) is 0 Å². The molecule has 1 aliphatic rings. The van der Waals surface area contributed by atoms with Gasteiger partial charge in [-0.3, -0.25) is 4.21 Å². The van der Waals surface area contributed by atoms with Gasteiger partial charge < -0.3 is 15.6 Å². The second kappa shape index (κ2) is 5.38. The van der Waals surface area contributed by atoms with Crippen molar-refractivity contribution in [3.05, 3.63) is 23.3 Å². The molecule has 3 unspecified atom stereocenters. The highest BCUT2D eigenvalue weighted by Gasteiger charge is 2.25. The maximum atomic E-state index is 11.7. The summed E-state index contributed by atoms with van der Waals surface area (Å²) in [6, 6.07) is 3.41. The molecule has 0 saturated heterocycles. The highest BCUT2D eigenvalue weighted by Crippen LogP contribution is 2.34. The van der Waals surface area contributed by atoms with E-state index in [1.54, 1.807) is 19.4 Å². The van der Waals surface area contributed by atoms with E-state index >= 15 is 0 Å². The van der Waals surface area contributed by atoms with E-state index in [-0.39, 0.29) is 6.04 Å². The van der Waals surface area contributed by atoms with Crippen molar-refractivity contribution in [2.24, 2.45) is 5.73 Å². The minimum absolute atomic E-state index is 0.252. The van der Waals surface area contributed by atoms with E-state index in [1.165, 1.54) is 0 Å². The summed E-state index contributed by atoms with van der Waals surface area (Å²) < 4.78 is 17.0. The maximum absolute atomic E-state index is 11.7. The fourth-order valence-corrected chi connectivity index (χ4v) is 3.13. The van der Waals surface area contributed by atoms with Crippen LogP contribution in [-0.2, 0) is 17.2 Å². The Morgan fingerprint density at radius 3 is 2.83 bits per heavy atom. The van der Waals surface area contributed by atoms with E-state index in [1.807, 2.05) is 6.07 Å². The van der Waals surface area contributed by atoms with Crippen molar-refractivity contribution in [2.75, 3.05) is 13.4 Å². The fraction of sp³-hybridized carbons (Fsp3) is 0.538. The molecule has 0 radical (unpaired) electrons. The van der Waals surface area contributed by atoms with Crippen LogP contribution >= 0.6 is 0 Å². The van der Waals surface area contributed by atoms with Crippen LogP contribution in [0.3, 0.4) is 0 Å². The topological polar surface area (TPSA) is 72.5 Å². The molecule has 1 aliphatic carbocycles. The van der Waals surface area contributed by atoms with Crippen LogP contribution in [-0.4, -0.2) is 28.7 Å². The lowest BCUT2D eigenvalue weighted by molar-refractivity contribution is 0.144. The Kier molecular flexibility index (Phi) is 4.04. The minimum Gasteiger partial charge on any atom is -0.495 e. The number of hydrogen-bond donors (Lipinski definition) is 2. The van der Waals surface area contributed by atoms with E-state index in [0.717, 1.165) is 30.4 Å². The number of fused-ring (bicyclic) bond motifs is 1. The standard InChI is InChI=1S/C13H19NO3S/c1-17-11-6-8-4-3-5-10(14)13(15)9(8)7-12(11)18(2)16/h6-7,10,13,15H,3-5,14H2,1-2H3. The number of aliphatic hydroxyl groups excluding tert-OH is 1. The molecule has 0 saturated carbocycles. The number of benzene rings is 1. The summed E-state index contributed by atoms with van der Waals surface area (Å²) in [6.07, 6.45) is 3.53. The van der Waals surface area contributed by atoms with Crippen molar-refractivity contribution in [1.82, 2.24) is 0 Å². The van der Waals surface area contributed by atoms with Gasteiger partial charge in [0.25, 0.3) is 0 Å². The zero-order valence-corrected chi connectivity index (χ0v) is 11.5. The fourth-order valence-electron chi connectivity index (χ4n) is 2.41. The molecule has 0 bridgehead atoms. The second-order valence-electron chi connectivity index (χ2n) is 4.66. The summed E-state index contributed by atoms with van der Waals surface area (Å²) in [7, 11) is 0.419. The summed E-state index contributed by atoms with van der Waals surface area (Å²) in [5, 5.41) is 10.2. The Morgan fingerprint density at radius 2 is 2.22 bits per heavy atom. The number of aryl methyl sites for hydroxylation is 1. The van der Waals surface area contributed by atoms with Crippen molar-refractivity contribution in [1.29, 1.82) is 0 Å². The van der Waals surface area contributed by atoms with Gasteiger partial charge in [0.2, 0.25) is 0 Å². The average molecular weight is 269 g/mol. The van der Waals surface area contributed by atoms with Crippen LogP contribution < -0.4 is 10.5 Å². The smallest absolute Gasteiger partial charge is 0.135 e. The summed E-state index contributed by atoms with van der Waals surface area (Å²) in [6.45, 7) is 0. The van der Waals surface area contributed by atoms with Crippen molar-refractivity contribution >= 4 is 10.8 Å². The number of hydrogen-bond acceptors (Lipinski definition) is 4. The van der Waals surface area contributed by atoms with Gasteiger partial charge >= 0.3 is 0 Å². The first kappa shape index (κ1) is 13.5. The zero-order valence-electron chi connectivity index (χ0n) is 10.7. The van der Waals surface area contributed by atoms with Crippen molar-refractivity contribution in [3.8, 4) is 5.75 Å². The third-order valence-corrected chi connectivity index (χ3v) is 4.38. The van der Waals surface area contributed by atoms with Crippen LogP contribution in [0.4, 0.5) is 0 Å². The molecule has 3 atom stereocenters. The molecule has 2 rings (SSSR count). The molecule has 0 spiro atoms. The lowest BCUT2D eigenvalue weighted by Crippen LogP contribution is -2.27. The number of ether oxygens (including phenoxy) is 1. The highest BCUT2D eigenvalue weighted by molar-refractivity contribution is 7.84. The molecular formula is C13H19NO3S. The van der Waals surface area contributed by atoms with Crippen LogP contribution in [0.1, 0.15) is 30.1 Å². The number of rotatable bonds is 2. The molecule has 100 valence electrons. The largest absolute Gasteiger partial charge is 0.495 e. The summed E-state index contributed by atoms with van der Waals surface area (Å²) >= 11 is 0. The summed E-state index contributed by atoms with van der Waals surface area (Å²) in [4.78, 5) is 0.615. The summed E-state index contributed by atoms with van der Waals surface area (Å²) in [5.41, 5.74) is 7.77. The molecule has 0 fully saturated rings. The molecule has 0 aliphatic heterocycles. The first-order chi connectivity index (χ1) is 8.54. The van der Waals surface area contributed by atoms with Gasteiger partial charge in [-0.1, -0.05) is 0 Å². The number of aliphatic hydroxyl groups is 1. The van der Waals surface area contributed by atoms with E-state index in [4.69, 9.17) is 10.5 Å². The molecule has 1 aromatic carbocycles. The third kappa shape index (κ3) is 2.43. The average Bonchev–Trinajstić information content (AvgIpc) is 2.48. The Bertz CT molecular complexity index is 476. The zero-order chi connectivity index (χ0) is 13.3. The normalized spacial score (nSPS) is 25.1. The van der Waals surface area contributed by atoms with Gasteiger partial charge in [0, 0.05) is 12.3 Å². The van der Waals surface area contributed by atoms with Gasteiger partial charge in [0.15, 0.2) is 0 Å². The first-order valence-electron chi connectivity index (χ1n) is 6.02. The van der Waals surface area contributed by atoms with Gasteiger partial charge in [-0.2, -0.15) is 0 Å². The quantitative estimate of drug-likeness (QED) is 0.789. The number of nitrogens with two attached hydrogens (primary N) is 1.